The molecule has 0 radical (unpaired) electrons. The van der Waals surface area contributed by atoms with Gasteiger partial charge >= 0.3 is 0 Å². The maximum atomic E-state index is 12.8. The van der Waals surface area contributed by atoms with Gasteiger partial charge in [0.05, 0.1) is 6.54 Å². The highest BCUT2D eigenvalue weighted by atomic mass is 16.1. The fraction of sp³-hybridized carbons (Fsp3) is 0.190. The molecular formula is C21H22N2O. The lowest BCUT2D eigenvalue weighted by Gasteiger charge is -2.18. The normalized spacial score (nSPS) is 10.6. The summed E-state index contributed by atoms with van der Waals surface area (Å²) >= 11 is 0. The van der Waals surface area contributed by atoms with Crippen LogP contribution in [0.3, 0.4) is 0 Å². The summed E-state index contributed by atoms with van der Waals surface area (Å²) < 4.78 is 2.13. The third kappa shape index (κ3) is 3.11. The Bertz CT molecular complexity index is 835. The average Bonchev–Trinajstić information content (AvgIpc) is 2.91. The smallest absolute Gasteiger partial charge is 0.183 e. The Hall–Kier alpha value is -2.81. The topological polar surface area (TPSA) is 25.2 Å². The number of carbonyl (C=O) groups excluding carboxylic acids is 1. The first-order valence-electron chi connectivity index (χ1n) is 8.11. The lowest BCUT2D eigenvalue weighted by molar-refractivity contribution is 0.1000. The Morgan fingerprint density at radius 2 is 1.54 bits per heavy atom. The minimum Gasteiger partial charge on any atom is -0.367 e. The monoisotopic (exact) mass is 318 g/mol. The summed E-state index contributed by atoms with van der Waals surface area (Å²) in [5.41, 5.74) is 4.99. The summed E-state index contributed by atoms with van der Waals surface area (Å²) in [6, 6.07) is 22.1. The maximum Gasteiger partial charge on any atom is 0.183 e. The van der Waals surface area contributed by atoms with E-state index >= 15 is 0 Å². The molecule has 0 fully saturated rings. The minimum absolute atomic E-state index is 0.136. The molecule has 0 atom stereocenters. The third-order valence-electron chi connectivity index (χ3n) is 4.32. The van der Waals surface area contributed by atoms with Crippen molar-refractivity contribution in [3.63, 3.8) is 0 Å². The second-order valence-corrected chi connectivity index (χ2v) is 6.07. The second kappa shape index (κ2) is 6.75. The number of hydrogen-bond donors (Lipinski definition) is 0. The van der Waals surface area contributed by atoms with E-state index < -0.39 is 0 Å². The summed E-state index contributed by atoms with van der Waals surface area (Å²) in [6.07, 6.45) is 0. The zero-order valence-electron chi connectivity index (χ0n) is 14.4. The third-order valence-corrected chi connectivity index (χ3v) is 4.32. The van der Waals surface area contributed by atoms with Gasteiger partial charge in [0.2, 0.25) is 0 Å². The Balaban J connectivity index is 1.86. The van der Waals surface area contributed by atoms with Gasteiger partial charge in [-0.1, -0.05) is 36.4 Å². The van der Waals surface area contributed by atoms with Gasteiger partial charge in [-0.2, -0.15) is 0 Å². The highest BCUT2D eigenvalue weighted by Crippen LogP contribution is 2.22. The van der Waals surface area contributed by atoms with Crippen molar-refractivity contribution < 1.29 is 4.79 Å². The lowest BCUT2D eigenvalue weighted by atomic mass is 10.1. The quantitative estimate of drug-likeness (QED) is 0.651. The molecule has 3 heteroatoms. The van der Waals surface area contributed by atoms with E-state index in [1.165, 1.54) is 0 Å². The van der Waals surface area contributed by atoms with E-state index in [4.69, 9.17) is 0 Å². The molecule has 3 aromatic rings. The van der Waals surface area contributed by atoms with Crippen LogP contribution >= 0.6 is 0 Å². The molecule has 0 unspecified atom stereocenters. The number of rotatable bonds is 5. The van der Waals surface area contributed by atoms with E-state index in [0.29, 0.717) is 6.54 Å². The largest absolute Gasteiger partial charge is 0.367 e. The number of anilines is 1. The van der Waals surface area contributed by atoms with Crippen LogP contribution in [0.4, 0.5) is 5.69 Å². The van der Waals surface area contributed by atoms with Gasteiger partial charge in [0.15, 0.2) is 5.78 Å². The predicted octanol–water partition coefficient (Wildman–Crippen LogP) is 4.41. The van der Waals surface area contributed by atoms with Crippen LogP contribution in [0.15, 0.2) is 66.7 Å². The van der Waals surface area contributed by atoms with Crippen molar-refractivity contribution in [1.29, 1.82) is 0 Å². The minimum atomic E-state index is 0.136. The number of Topliss-reactive ketones (excluding diaryl/α,β-unsaturated/α-hetero) is 1. The number of aryl methyl sites for hydroxylation is 1. The zero-order chi connectivity index (χ0) is 17.1. The number of ketones is 1. The molecule has 24 heavy (non-hydrogen) atoms. The molecule has 1 aromatic heterocycles. The molecule has 0 N–H and O–H groups in total. The average molecular weight is 318 g/mol. The van der Waals surface area contributed by atoms with Crippen LogP contribution in [0.1, 0.15) is 21.7 Å². The molecule has 0 amide bonds. The van der Waals surface area contributed by atoms with Gasteiger partial charge in [0.1, 0.15) is 0 Å². The van der Waals surface area contributed by atoms with Crippen LogP contribution in [0, 0.1) is 13.8 Å². The number of benzene rings is 2. The van der Waals surface area contributed by atoms with Crippen molar-refractivity contribution in [2.24, 2.45) is 0 Å². The number of carbonyl (C=O) groups is 1. The highest BCUT2D eigenvalue weighted by Gasteiger charge is 2.18. The molecule has 0 saturated carbocycles. The zero-order valence-corrected chi connectivity index (χ0v) is 14.4. The molecule has 122 valence electrons. The Morgan fingerprint density at radius 1 is 0.958 bits per heavy atom. The molecule has 0 saturated heterocycles. The van der Waals surface area contributed by atoms with Gasteiger partial charge in [0.25, 0.3) is 0 Å². The lowest BCUT2D eigenvalue weighted by Crippen LogP contribution is -2.25. The van der Waals surface area contributed by atoms with Crippen molar-refractivity contribution in [2.45, 2.75) is 13.8 Å². The van der Waals surface area contributed by atoms with Crippen molar-refractivity contribution >= 4 is 11.5 Å². The van der Waals surface area contributed by atoms with Gasteiger partial charge < -0.3 is 9.47 Å². The van der Waals surface area contributed by atoms with E-state index in [2.05, 4.69) is 16.7 Å². The molecule has 0 bridgehead atoms. The number of para-hydroxylation sites is 2. The Labute approximate surface area is 143 Å². The standard InChI is InChI=1S/C21H22N2O/c1-16-14-20(17(2)23(16)19-12-8-5-9-13-19)21(24)15-22(3)18-10-6-4-7-11-18/h4-14H,15H2,1-3H3. The summed E-state index contributed by atoms with van der Waals surface area (Å²) in [6.45, 7) is 4.41. The van der Waals surface area contributed by atoms with E-state index in [9.17, 15) is 4.79 Å². The molecule has 0 spiro atoms. The van der Waals surface area contributed by atoms with Crippen LogP contribution in [0.5, 0.6) is 0 Å². The summed E-state index contributed by atoms with van der Waals surface area (Å²) in [5.74, 6) is 0.136. The Morgan fingerprint density at radius 3 is 2.17 bits per heavy atom. The number of hydrogen-bond acceptors (Lipinski definition) is 2. The molecule has 3 nitrogen and oxygen atoms in total. The number of likely N-dealkylation sites (N-methyl/N-ethyl adjacent to an activating group) is 1. The maximum absolute atomic E-state index is 12.8. The SMILES string of the molecule is Cc1cc(C(=O)CN(C)c2ccccc2)c(C)n1-c1ccccc1. The first-order valence-corrected chi connectivity index (χ1v) is 8.11. The second-order valence-electron chi connectivity index (χ2n) is 6.07. The number of aromatic nitrogens is 1. The van der Waals surface area contributed by atoms with E-state index in [0.717, 1.165) is 28.3 Å². The van der Waals surface area contributed by atoms with Crippen LogP contribution in [-0.2, 0) is 0 Å². The molecule has 0 aliphatic heterocycles. The molecule has 0 aliphatic carbocycles. The molecular weight excluding hydrogens is 296 g/mol. The van der Waals surface area contributed by atoms with E-state index in [1.54, 1.807) is 0 Å². The van der Waals surface area contributed by atoms with Gasteiger partial charge in [-0.15, -0.1) is 0 Å². The fourth-order valence-corrected chi connectivity index (χ4v) is 3.09. The van der Waals surface area contributed by atoms with Crippen molar-refractivity contribution in [1.82, 2.24) is 4.57 Å². The van der Waals surface area contributed by atoms with Gasteiger partial charge in [-0.3, -0.25) is 4.79 Å². The summed E-state index contributed by atoms with van der Waals surface area (Å²) in [7, 11) is 1.95. The summed E-state index contributed by atoms with van der Waals surface area (Å²) in [4.78, 5) is 14.8. The van der Waals surface area contributed by atoms with Crippen molar-refractivity contribution in [3.05, 3.63) is 83.7 Å². The Kier molecular flexibility index (Phi) is 4.52. The van der Waals surface area contributed by atoms with Crippen LogP contribution in [0.25, 0.3) is 5.69 Å². The first kappa shape index (κ1) is 16.1. The van der Waals surface area contributed by atoms with Crippen LogP contribution in [0.2, 0.25) is 0 Å². The van der Waals surface area contributed by atoms with Crippen molar-refractivity contribution in [3.8, 4) is 5.69 Å². The van der Waals surface area contributed by atoms with Crippen LogP contribution < -0.4 is 4.90 Å². The fourth-order valence-electron chi connectivity index (χ4n) is 3.09. The number of nitrogens with zero attached hydrogens (tertiary/aromatic N) is 2. The highest BCUT2D eigenvalue weighted by molar-refractivity contribution is 6.00. The molecule has 2 aromatic carbocycles. The predicted molar refractivity (Wildman–Crippen MR) is 99.3 cm³/mol. The van der Waals surface area contributed by atoms with Gasteiger partial charge in [-0.05, 0) is 44.2 Å². The van der Waals surface area contributed by atoms with Crippen LogP contribution in [-0.4, -0.2) is 23.9 Å². The first-order chi connectivity index (χ1) is 11.6. The summed E-state index contributed by atoms with van der Waals surface area (Å²) in [5, 5.41) is 0. The molecule has 1 heterocycles. The van der Waals surface area contributed by atoms with Crippen molar-refractivity contribution in [2.75, 3.05) is 18.5 Å². The molecule has 0 aliphatic rings. The van der Waals surface area contributed by atoms with Gasteiger partial charge in [-0.25, -0.2) is 0 Å². The van der Waals surface area contributed by atoms with Gasteiger partial charge in [0, 0.05) is 35.4 Å². The van der Waals surface area contributed by atoms with E-state index in [-0.39, 0.29) is 5.78 Å². The van der Waals surface area contributed by atoms with E-state index in [1.807, 2.05) is 80.4 Å². The molecule has 3 rings (SSSR count).